The standard InChI is InChI=1S/C28H26N6O6/c1-31-25(35)19(11-17-3-5-21-23(13-17)39-15-37-21)29-27(31)33-7-9-34(10-8-33)28-30-20(26(36)32(28)2)12-18-4-6-22-24(14-18)40-16-38-22/h3-6,11-14H,7-10,15-16H2,1-2H3/b19-11-,20-12-. The van der Waals surface area contributed by atoms with Gasteiger partial charge in [0.15, 0.2) is 23.0 Å². The first-order valence-electron chi connectivity index (χ1n) is 12.9. The van der Waals surface area contributed by atoms with Crippen LogP contribution < -0.4 is 18.9 Å². The van der Waals surface area contributed by atoms with Gasteiger partial charge in [-0.25, -0.2) is 9.98 Å². The number of hydrogen-bond donors (Lipinski definition) is 0. The number of nitrogens with zero attached hydrogens (tertiary/aromatic N) is 6. The molecule has 5 aliphatic heterocycles. The number of aliphatic imine (C=N–C) groups is 2. The second-order valence-corrected chi connectivity index (χ2v) is 9.81. The van der Waals surface area contributed by atoms with Crippen molar-refractivity contribution in [3.05, 3.63) is 58.9 Å². The summed E-state index contributed by atoms with van der Waals surface area (Å²) in [5, 5.41) is 0. The van der Waals surface area contributed by atoms with E-state index < -0.39 is 0 Å². The molecule has 204 valence electrons. The van der Waals surface area contributed by atoms with Crippen LogP contribution in [0.2, 0.25) is 0 Å². The molecule has 12 nitrogen and oxygen atoms in total. The first-order chi connectivity index (χ1) is 19.4. The molecule has 1 fully saturated rings. The predicted molar refractivity (Wildman–Crippen MR) is 145 cm³/mol. The molecule has 0 radical (unpaired) electrons. The third-order valence-electron chi connectivity index (χ3n) is 7.33. The van der Waals surface area contributed by atoms with Crippen molar-refractivity contribution in [2.24, 2.45) is 9.98 Å². The van der Waals surface area contributed by atoms with Crippen molar-refractivity contribution in [2.45, 2.75) is 0 Å². The van der Waals surface area contributed by atoms with Crippen LogP contribution in [0, 0.1) is 0 Å². The van der Waals surface area contributed by atoms with Gasteiger partial charge in [0.1, 0.15) is 11.4 Å². The molecular formula is C28H26N6O6. The average Bonchev–Trinajstić information content (AvgIpc) is 3.75. The molecule has 5 aliphatic rings. The van der Waals surface area contributed by atoms with Crippen LogP contribution in [0.5, 0.6) is 23.0 Å². The summed E-state index contributed by atoms with van der Waals surface area (Å²) < 4.78 is 21.6. The Bertz CT molecular complexity index is 1440. The number of piperazine rings is 1. The van der Waals surface area contributed by atoms with Gasteiger partial charge in [0.25, 0.3) is 11.8 Å². The summed E-state index contributed by atoms with van der Waals surface area (Å²) in [6, 6.07) is 11.1. The largest absolute Gasteiger partial charge is 0.454 e. The highest BCUT2D eigenvalue weighted by molar-refractivity contribution is 6.14. The number of benzene rings is 2. The molecule has 7 rings (SSSR count). The Balaban J connectivity index is 1.05. The van der Waals surface area contributed by atoms with Crippen LogP contribution >= 0.6 is 0 Å². The smallest absolute Gasteiger partial charge is 0.279 e. The van der Waals surface area contributed by atoms with E-state index in [9.17, 15) is 9.59 Å². The van der Waals surface area contributed by atoms with Crippen molar-refractivity contribution in [1.29, 1.82) is 0 Å². The van der Waals surface area contributed by atoms with Crippen molar-refractivity contribution in [1.82, 2.24) is 19.6 Å². The lowest BCUT2D eigenvalue weighted by Crippen LogP contribution is -2.55. The molecular weight excluding hydrogens is 516 g/mol. The van der Waals surface area contributed by atoms with Gasteiger partial charge < -0.3 is 28.7 Å². The Morgan fingerprint density at radius 1 is 0.625 bits per heavy atom. The van der Waals surface area contributed by atoms with Crippen molar-refractivity contribution < 1.29 is 28.5 Å². The number of carbonyl (C=O) groups is 2. The van der Waals surface area contributed by atoms with Crippen molar-refractivity contribution in [2.75, 3.05) is 53.9 Å². The summed E-state index contributed by atoms with van der Waals surface area (Å²) in [6.07, 6.45) is 3.51. The molecule has 5 heterocycles. The molecule has 0 atom stereocenters. The molecule has 0 N–H and O–H groups in total. The van der Waals surface area contributed by atoms with Gasteiger partial charge in [-0.2, -0.15) is 0 Å². The lowest BCUT2D eigenvalue weighted by Gasteiger charge is -2.38. The zero-order valence-electron chi connectivity index (χ0n) is 22.0. The Morgan fingerprint density at radius 3 is 1.45 bits per heavy atom. The maximum Gasteiger partial charge on any atom is 0.279 e. The van der Waals surface area contributed by atoms with Gasteiger partial charge in [-0.3, -0.25) is 19.4 Å². The van der Waals surface area contributed by atoms with E-state index in [1.165, 1.54) is 0 Å². The van der Waals surface area contributed by atoms with Crippen LogP contribution in [0.1, 0.15) is 11.1 Å². The number of carbonyl (C=O) groups excluding carboxylic acids is 2. The summed E-state index contributed by atoms with van der Waals surface area (Å²) >= 11 is 0. The highest BCUT2D eigenvalue weighted by Gasteiger charge is 2.36. The van der Waals surface area contributed by atoms with E-state index in [1.54, 1.807) is 36.0 Å². The van der Waals surface area contributed by atoms with Crippen molar-refractivity contribution >= 4 is 35.9 Å². The fourth-order valence-corrected chi connectivity index (χ4v) is 5.17. The number of amides is 2. The topological polar surface area (TPSA) is 109 Å². The molecule has 0 bridgehead atoms. The van der Waals surface area contributed by atoms with E-state index in [-0.39, 0.29) is 25.4 Å². The Hall–Kier alpha value is -5.00. The van der Waals surface area contributed by atoms with Crippen LogP contribution in [0.3, 0.4) is 0 Å². The normalized spacial score (nSPS) is 21.8. The van der Waals surface area contributed by atoms with Gasteiger partial charge in [0, 0.05) is 40.3 Å². The van der Waals surface area contributed by atoms with Gasteiger partial charge >= 0.3 is 0 Å². The van der Waals surface area contributed by atoms with E-state index in [0.29, 0.717) is 72.5 Å². The first kappa shape index (κ1) is 24.1. The molecule has 0 unspecified atom stereocenters. The fourth-order valence-electron chi connectivity index (χ4n) is 5.17. The van der Waals surface area contributed by atoms with Gasteiger partial charge in [0.2, 0.25) is 25.5 Å². The minimum Gasteiger partial charge on any atom is -0.454 e. The summed E-state index contributed by atoms with van der Waals surface area (Å²) in [7, 11) is 3.46. The van der Waals surface area contributed by atoms with Crippen LogP contribution in [-0.2, 0) is 9.59 Å². The predicted octanol–water partition coefficient (Wildman–Crippen LogP) is 1.80. The Morgan fingerprint density at radius 2 is 1.02 bits per heavy atom. The van der Waals surface area contributed by atoms with E-state index >= 15 is 0 Å². The third-order valence-corrected chi connectivity index (χ3v) is 7.33. The molecule has 0 saturated carbocycles. The number of ether oxygens (including phenoxy) is 4. The molecule has 2 aromatic carbocycles. The zero-order valence-corrected chi connectivity index (χ0v) is 22.0. The van der Waals surface area contributed by atoms with E-state index in [2.05, 4.69) is 19.8 Å². The minimum absolute atomic E-state index is 0.168. The number of guanidine groups is 2. The summed E-state index contributed by atoms with van der Waals surface area (Å²) in [5.74, 6) is 3.57. The van der Waals surface area contributed by atoms with E-state index in [1.807, 2.05) is 36.4 Å². The first-order valence-corrected chi connectivity index (χ1v) is 12.9. The second kappa shape index (κ2) is 9.33. The maximum absolute atomic E-state index is 13.0. The Labute approximate surface area is 230 Å². The minimum atomic E-state index is -0.168. The van der Waals surface area contributed by atoms with Crippen molar-refractivity contribution in [3.8, 4) is 23.0 Å². The number of likely N-dealkylation sites (N-methyl/N-ethyl adjacent to an activating group) is 2. The molecule has 12 heteroatoms. The third kappa shape index (κ3) is 4.08. The SMILES string of the molecule is CN1C(=O)/C(=C/c2ccc3c(c2)OCO3)N=C1N1CCN(C2=N/C(=C\c3ccc4c(c3)OCO4)C(=O)N2C)CC1. The molecule has 0 spiro atoms. The number of rotatable bonds is 2. The lowest BCUT2D eigenvalue weighted by atomic mass is 10.1. The van der Waals surface area contributed by atoms with Gasteiger partial charge in [-0.05, 0) is 47.5 Å². The van der Waals surface area contributed by atoms with Crippen LogP contribution in [0.4, 0.5) is 0 Å². The summed E-state index contributed by atoms with van der Waals surface area (Å²) in [4.78, 5) is 42.6. The van der Waals surface area contributed by atoms with Crippen LogP contribution in [-0.4, -0.2) is 97.2 Å². The Kier molecular flexibility index (Phi) is 5.61. The number of fused-ring (bicyclic) bond motifs is 2. The van der Waals surface area contributed by atoms with Gasteiger partial charge in [0.05, 0.1) is 0 Å². The highest BCUT2D eigenvalue weighted by atomic mass is 16.7. The highest BCUT2D eigenvalue weighted by Crippen LogP contribution is 2.35. The average molecular weight is 543 g/mol. The molecule has 40 heavy (non-hydrogen) atoms. The van der Waals surface area contributed by atoms with Gasteiger partial charge in [-0.1, -0.05) is 12.1 Å². The van der Waals surface area contributed by atoms with Gasteiger partial charge in [-0.15, -0.1) is 0 Å². The fraction of sp³-hybridized carbons (Fsp3) is 0.286. The molecule has 0 aromatic heterocycles. The maximum atomic E-state index is 13.0. The van der Waals surface area contributed by atoms with E-state index in [0.717, 1.165) is 11.1 Å². The molecule has 1 saturated heterocycles. The molecule has 2 aromatic rings. The molecule has 2 amide bonds. The van der Waals surface area contributed by atoms with E-state index in [4.69, 9.17) is 18.9 Å². The summed E-state index contributed by atoms with van der Waals surface area (Å²) in [6.45, 7) is 2.87. The lowest BCUT2D eigenvalue weighted by molar-refractivity contribution is -0.123. The zero-order chi connectivity index (χ0) is 27.4. The quantitative estimate of drug-likeness (QED) is 0.529. The second-order valence-electron chi connectivity index (χ2n) is 9.81. The monoisotopic (exact) mass is 542 g/mol. The van der Waals surface area contributed by atoms with Crippen molar-refractivity contribution in [3.63, 3.8) is 0 Å². The van der Waals surface area contributed by atoms with Crippen LogP contribution in [0.15, 0.2) is 57.8 Å². The van der Waals surface area contributed by atoms with Crippen LogP contribution in [0.25, 0.3) is 12.2 Å². The summed E-state index contributed by atoms with van der Waals surface area (Å²) in [5.41, 5.74) is 2.35. The number of hydrogen-bond acceptors (Lipinski definition) is 10. The molecule has 0 aliphatic carbocycles.